The lowest BCUT2D eigenvalue weighted by Gasteiger charge is -2.07. The zero-order chi connectivity index (χ0) is 13.0. The van der Waals surface area contributed by atoms with Gasteiger partial charge in [-0.05, 0) is 0 Å². The standard InChI is InChI=1S/C10H9NO6/c1-6(13)17-9-4-10(16-2)8(11(14)15)3-7(9)5-12/h3-5H,1-2H3. The fourth-order valence-corrected chi connectivity index (χ4v) is 1.21. The summed E-state index contributed by atoms with van der Waals surface area (Å²) in [4.78, 5) is 31.5. The number of ether oxygens (including phenoxy) is 2. The van der Waals surface area contributed by atoms with Crippen molar-refractivity contribution >= 4 is 17.9 Å². The normalized spacial score (nSPS) is 9.53. The lowest BCUT2D eigenvalue weighted by molar-refractivity contribution is -0.385. The van der Waals surface area contributed by atoms with Crippen LogP contribution in [0.3, 0.4) is 0 Å². The van der Waals surface area contributed by atoms with Crippen molar-refractivity contribution in [3.05, 3.63) is 27.8 Å². The average Bonchev–Trinajstić information content (AvgIpc) is 2.27. The second kappa shape index (κ2) is 5.06. The van der Waals surface area contributed by atoms with Crippen LogP contribution in [0.1, 0.15) is 17.3 Å². The minimum absolute atomic E-state index is 0.0741. The van der Waals surface area contributed by atoms with Crippen LogP contribution in [0.25, 0.3) is 0 Å². The Morgan fingerprint density at radius 3 is 2.47 bits per heavy atom. The highest BCUT2D eigenvalue weighted by Crippen LogP contribution is 2.33. The van der Waals surface area contributed by atoms with Crippen molar-refractivity contribution in [1.82, 2.24) is 0 Å². The van der Waals surface area contributed by atoms with E-state index in [1.807, 2.05) is 0 Å². The number of esters is 1. The van der Waals surface area contributed by atoms with Gasteiger partial charge in [0.2, 0.25) is 5.75 Å². The Labute approximate surface area is 96.1 Å². The van der Waals surface area contributed by atoms with Crippen molar-refractivity contribution in [2.75, 3.05) is 7.11 Å². The van der Waals surface area contributed by atoms with Gasteiger partial charge in [0.1, 0.15) is 5.75 Å². The second-order valence-electron chi connectivity index (χ2n) is 3.03. The Hall–Kier alpha value is -2.44. The van der Waals surface area contributed by atoms with E-state index in [2.05, 4.69) is 0 Å². The fourth-order valence-electron chi connectivity index (χ4n) is 1.21. The number of hydrogen-bond donors (Lipinski definition) is 0. The molecule has 0 N–H and O–H groups in total. The predicted molar refractivity (Wildman–Crippen MR) is 56.3 cm³/mol. The first-order valence-corrected chi connectivity index (χ1v) is 4.49. The van der Waals surface area contributed by atoms with Crippen LogP contribution in [0.2, 0.25) is 0 Å². The van der Waals surface area contributed by atoms with E-state index in [4.69, 9.17) is 9.47 Å². The Kier molecular flexibility index (Phi) is 3.76. The molecule has 0 aromatic heterocycles. The molecule has 0 unspecified atom stereocenters. The smallest absolute Gasteiger partial charge is 0.311 e. The van der Waals surface area contributed by atoms with E-state index >= 15 is 0 Å². The minimum atomic E-state index is -0.691. The molecule has 1 aromatic carbocycles. The molecule has 0 bridgehead atoms. The number of nitrogens with zero attached hydrogens (tertiary/aromatic N) is 1. The first-order chi connectivity index (χ1) is 7.99. The van der Waals surface area contributed by atoms with E-state index in [1.165, 1.54) is 7.11 Å². The number of aldehydes is 1. The quantitative estimate of drug-likeness (QED) is 0.258. The summed E-state index contributed by atoms with van der Waals surface area (Å²) in [7, 11) is 1.24. The summed E-state index contributed by atoms with van der Waals surface area (Å²) in [6, 6.07) is 2.12. The molecule has 0 radical (unpaired) electrons. The molecule has 1 aromatic rings. The van der Waals surface area contributed by atoms with E-state index in [9.17, 15) is 19.7 Å². The number of nitro groups is 1. The van der Waals surface area contributed by atoms with Crippen LogP contribution >= 0.6 is 0 Å². The first kappa shape index (κ1) is 12.6. The van der Waals surface area contributed by atoms with Crippen LogP contribution in [-0.4, -0.2) is 24.3 Å². The number of rotatable bonds is 4. The molecule has 0 saturated heterocycles. The molecular weight excluding hydrogens is 230 g/mol. The van der Waals surface area contributed by atoms with Gasteiger partial charge in [-0.15, -0.1) is 0 Å². The summed E-state index contributed by atoms with van der Waals surface area (Å²) in [5, 5.41) is 10.7. The summed E-state index contributed by atoms with van der Waals surface area (Å²) in [5.74, 6) is -0.796. The van der Waals surface area contributed by atoms with Crippen molar-refractivity contribution in [2.45, 2.75) is 6.92 Å². The Morgan fingerprint density at radius 2 is 2.06 bits per heavy atom. The molecule has 0 fully saturated rings. The Morgan fingerprint density at radius 1 is 1.41 bits per heavy atom. The zero-order valence-electron chi connectivity index (χ0n) is 9.13. The number of benzene rings is 1. The van der Waals surface area contributed by atoms with Crippen LogP contribution in [0.4, 0.5) is 5.69 Å². The van der Waals surface area contributed by atoms with Gasteiger partial charge in [0.25, 0.3) is 0 Å². The maximum atomic E-state index is 10.8. The maximum Gasteiger partial charge on any atom is 0.311 e. The van der Waals surface area contributed by atoms with E-state index in [0.717, 1.165) is 19.1 Å². The van der Waals surface area contributed by atoms with Gasteiger partial charge in [0.15, 0.2) is 6.29 Å². The topological polar surface area (TPSA) is 95.7 Å². The van der Waals surface area contributed by atoms with Crippen molar-refractivity contribution in [3.63, 3.8) is 0 Å². The zero-order valence-corrected chi connectivity index (χ0v) is 9.13. The van der Waals surface area contributed by atoms with E-state index in [-0.39, 0.29) is 22.7 Å². The van der Waals surface area contributed by atoms with Crippen LogP contribution in [-0.2, 0) is 4.79 Å². The van der Waals surface area contributed by atoms with Crippen LogP contribution < -0.4 is 9.47 Å². The molecule has 0 atom stereocenters. The van der Waals surface area contributed by atoms with Gasteiger partial charge >= 0.3 is 11.7 Å². The summed E-state index contributed by atoms with van der Waals surface area (Å²) < 4.78 is 9.52. The number of carbonyl (C=O) groups excluding carboxylic acids is 2. The Bertz CT molecular complexity index is 482. The molecule has 0 amide bonds. The second-order valence-corrected chi connectivity index (χ2v) is 3.03. The molecule has 1 rings (SSSR count). The summed E-state index contributed by atoms with van der Waals surface area (Å²) in [6.07, 6.45) is 0.366. The molecular formula is C10H9NO6. The van der Waals surface area contributed by atoms with Crippen molar-refractivity contribution in [1.29, 1.82) is 0 Å². The fraction of sp³-hybridized carbons (Fsp3) is 0.200. The molecule has 7 heteroatoms. The third kappa shape index (κ3) is 2.77. The highest BCUT2D eigenvalue weighted by molar-refractivity contribution is 5.84. The predicted octanol–water partition coefficient (Wildman–Crippen LogP) is 1.34. The molecule has 0 aliphatic carbocycles. The van der Waals surface area contributed by atoms with E-state index in [1.54, 1.807) is 0 Å². The summed E-state index contributed by atoms with van der Waals surface area (Å²) >= 11 is 0. The lowest BCUT2D eigenvalue weighted by atomic mass is 10.2. The third-order valence-corrected chi connectivity index (χ3v) is 1.89. The average molecular weight is 239 g/mol. The first-order valence-electron chi connectivity index (χ1n) is 4.49. The van der Waals surface area contributed by atoms with Crippen LogP contribution in [0.5, 0.6) is 11.5 Å². The molecule has 0 aliphatic heterocycles. The van der Waals surface area contributed by atoms with Crippen LogP contribution in [0, 0.1) is 10.1 Å². The van der Waals surface area contributed by atoms with Gasteiger partial charge in [0, 0.05) is 19.1 Å². The van der Waals surface area contributed by atoms with Crippen molar-refractivity contribution < 1.29 is 24.0 Å². The van der Waals surface area contributed by atoms with E-state index < -0.39 is 10.9 Å². The molecule has 0 spiro atoms. The van der Waals surface area contributed by atoms with Crippen molar-refractivity contribution in [2.24, 2.45) is 0 Å². The van der Waals surface area contributed by atoms with E-state index in [0.29, 0.717) is 6.29 Å². The van der Waals surface area contributed by atoms with Crippen LogP contribution in [0.15, 0.2) is 12.1 Å². The van der Waals surface area contributed by atoms with Gasteiger partial charge in [-0.2, -0.15) is 0 Å². The third-order valence-electron chi connectivity index (χ3n) is 1.89. The molecule has 17 heavy (non-hydrogen) atoms. The minimum Gasteiger partial charge on any atom is -0.490 e. The van der Waals surface area contributed by atoms with Gasteiger partial charge in [-0.3, -0.25) is 19.7 Å². The lowest BCUT2D eigenvalue weighted by Crippen LogP contribution is -2.05. The molecule has 7 nitrogen and oxygen atoms in total. The SMILES string of the molecule is COc1cc(OC(C)=O)c(C=O)cc1[N+](=O)[O-]. The highest BCUT2D eigenvalue weighted by atomic mass is 16.6. The molecule has 0 saturated carbocycles. The summed E-state index contributed by atoms with van der Waals surface area (Å²) in [5.41, 5.74) is -0.460. The van der Waals surface area contributed by atoms with Gasteiger partial charge in [0.05, 0.1) is 17.6 Å². The molecule has 0 aliphatic rings. The number of nitro benzene ring substituents is 1. The van der Waals surface area contributed by atoms with Gasteiger partial charge in [-0.1, -0.05) is 0 Å². The Balaban J connectivity index is 3.37. The maximum absolute atomic E-state index is 10.8. The molecule has 0 heterocycles. The largest absolute Gasteiger partial charge is 0.490 e. The van der Waals surface area contributed by atoms with Crippen molar-refractivity contribution in [3.8, 4) is 11.5 Å². The summed E-state index contributed by atoms with van der Waals surface area (Å²) in [6.45, 7) is 1.16. The van der Waals surface area contributed by atoms with Gasteiger partial charge in [-0.25, -0.2) is 0 Å². The molecule has 90 valence electrons. The number of hydrogen-bond acceptors (Lipinski definition) is 6. The number of carbonyl (C=O) groups is 2. The monoisotopic (exact) mass is 239 g/mol. The number of methoxy groups -OCH3 is 1. The highest BCUT2D eigenvalue weighted by Gasteiger charge is 2.20. The van der Waals surface area contributed by atoms with Gasteiger partial charge < -0.3 is 9.47 Å².